The molecule has 18 heavy (non-hydrogen) atoms. The number of fused-ring (bicyclic) bond motifs is 3. The highest BCUT2D eigenvalue weighted by molar-refractivity contribution is 5.89. The maximum absolute atomic E-state index is 11.0. The van der Waals surface area contributed by atoms with Crippen LogP contribution in [0.4, 0.5) is 0 Å². The average Bonchev–Trinajstić information content (AvgIpc) is 2.64. The summed E-state index contributed by atoms with van der Waals surface area (Å²) >= 11 is 0. The average molecular weight is 244 g/mol. The normalized spacial score (nSPS) is 14.7. The SMILES string of the molecule is Cc1ccc2c(CC(=O)O)c3n(c2c1)CCNC3. The van der Waals surface area contributed by atoms with Gasteiger partial charge in [0.2, 0.25) is 0 Å². The van der Waals surface area contributed by atoms with Crippen LogP contribution in [0.15, 0.2) is 18.2 Å². The zero-order chi connectivity index (χ0) is 12.7. The summed E-state index contributed by atoms with van der Waals surface area (Å²) in [5.74, 6) is -0.767. The second-order valence-electron chi connectivity index (χ2n) is 4.84. The van der Waals surface area contributed by atoms with Gasteiger partial charge in [0.1, 0.15) is 0 Å². The van der Waals surface area contributed by atoms with Gasteiger partial charge in [-0.15, -0.1) is 0 Å². The molecule has 2 N–H and O–H groups in total. The number of carboxylic acids is 1. The number of hydrogen-bond donors (Lipinski definition) is 2. The van der Waals surface area contributed by atoms with Crippen molar-refractivity contribution in [3.05, 3.63) is 35.0 Å². The summed E-state index contributed by atoms with van der Waals surface area (Å²) in [6.07, 6.45) is 0.101. The van der Waals surface area contributed by atoms with Crippen molar-refractivity contribution < 1.29 is 9.90 Å². The molecule has 94 valence electrons. The molecule has 3 rings (SSSR count). The molecule has 0 saturated carbocycles. The van der Waals surface area contributed by atoms with Gasteiger partial charge < -0.3 is 15.0 Å². The van der Waals surface area contributed by atoms with Crippen LogP contribution in [-0.2, 0) is 24.3 Å². The van der Waals surface area contributed by atoms with Crippen molar-refractivity contribution in [2.24, 2.45) is 0 Å². The molecule has 4 heteroatoms. The minimum absolute atomic E-state index is 0.101. The first kappa shape index (κ1) is 11.3. The van der Waals surface area contributed by atoms with Crippen LogP contribution in [0.3, 0.4) is 0 Å². The third-order valence-electron chi connectivity index (χ3n) is 3.58. The lowest BCUT2D eigenvalue weighted by molar-refractivity contribution is -0.136. The molecule has 0 unspecified atom stereocenters. The summed E-state index contributed by atoms with van der Waals surface area (Å²) in [5, 5.41) is 13.5. The van der Waals surface area contributed by atoms with Crippen LogP contribution in [0, 0.1) is 6.92 Å². The van der Waals surface area contributed by atoms with Crippen molar-refractivity contribution in [3.8, 4) is 0 Å². The summed E-state index contributed by atoms with van der Waals surface area (Å²) in [6, 6.07) is 6.25. The van der Waals surface area contributed by atoms with Gasteiger partial charge in [-0.2, -0.15) is 0 Å². The van der Waals surface area contributed by atoms with E-state index in [-0.39, 0.29) is 6.42 Å². The van der Waals surface area contributed by atoms with Gasteiger partial charge in [-0.25, -0.2) is 0 Å². The Morgan fingerprint density at radius 3 is 3.11 bits per heavy atom. The van der Waals surface area contributed by atoms with Gasteiger partial charge in [0.25, 0.3) is 0 Å². The molecule has 0 radical (unpaired) electrons. The largest absolute Gasteiger partial charge is 0.481 e. The van der Waals surface area contributed by atoms with Crippen molar-refractivity contribution in [3.63, 3.8) is 0 Å². The molecule has 1 aromatic carbocycles. The minimum atomic E-state index is -0.767. The number of aryl methyl sites for hydroxylation is 1. The van der Waals surface area contributed by atoms with E-state index in [1.807, 2.05) is 12.1 Å². The van der Waals surface area contributed by atoms with Crippen LogP contribution >= 0.6 is 0 Å². The van der Waals surface area contributed by atoms with Crippen molar-refractivity contribution in [1.29, 1.82) is 0 Å². The van der Waals surface area contributed by atoms with Crippen molar-refractivity contribution in [2.45, 2.75) is 26.4 Å². The monoisotopic (exact) mass is 244 g/mol. The zero-order valence-electron chi connectivity index (χ0n) is 10.4. The Labute approximate surface area is 105 Å². The lowest BCUT2D eigenvalue weighted by Gasteiger charge is -2.18. The number of carbonyl (C=O) groups is 1. The number of nitrogens with zero attached hydrogens (tertiary/aromatic N) is 1. The first-order chi connectivity index (χ1) is 8.66. The van der Waals surface area contributed by atoms with E-state index in [2.05, 4.69) is 22.9 Å². The van der Waals surface area contributed by atoms with Crippen molar-refractivity contribution in [2.75, 3.05) is 6.54 Å². The molecule has 1 aliphatic heterocycles. The van der Waals surface area contributed by atoms with E-state index in [4.69, 9.17) is 5.11 Å². The number of carboxylic acid groups (broad SMARTS) is 1. The standard InChI is InChI=1S/C14H16N2O2/c1-9-2-3-10-11(7-14(17)18)13-8-15-4-5-16(13)12(10)6-9/h2-3,6,15H,4-5,7-8H2,1H3,(H,17,18). The molecule has 1 aromatic heterocycles. The minimum Gasteiger partial charge on any atom is -0.481 e. The number of rotatable bonds is 2. The molecule has 0 saturated heterocycles. The number of hydrogen-bond acceptors (Lipinski definition) is 2. The predicted octanol–water partition coefficient (Wildman–Crippen LogP) is 1.68. The van der Waals surface area contributed by atoms with Crippen LogP contribution in [0.2, 0.25) is 0 Å². The third-order valence-corrected chi connectivity index (χ3v) is 3.58. The van der Waals surface area contributed by atoms with Gasteiger partial charge in [0.15, 0.2) is 0 Å². The first-order valence-corrected chi connectivity index (χ1v) is 6.20. The van der Waals surface area contributed by atoms with Crippen LogP contribution in [-0.4, -0.2) is 22.2 Å². The molecule has 4 nitrogen and oxygen atoms in total. The highest BCUT2D eigenvalue weighted by Gasteiger charge is 2.20. The fourth-order valence-electron chi connectivity index (χ4n) is 2.79. The summed E-state index contributed by atoms with van der Waals surface area (Å²) in [4.78, 5) is 11.0. The Hall–Kier alpha value is -1.81. The van der Waals surface area contributed by atoms with E-state index in [9.17, 15) is 4.79 Å². The Morgan fingerprint density at radius 2 is 2.33 bits per heavy atom. The summed E-state index contributed by atoms with van der Waals surface area (Å²) < 4.78 is 2.26. The maximum atomic E-state index is 11.0. The van der Waals surface area contributed by atoms with E-state index in [1.165, 1.54) is 11.1 Å². The molecular formula is C14H16N2O2. The van der Waals surface area contributed by atoms with E-state index in [0.717, 1.165) is 36.3 Å². The Morgan fingerprint density at radius 1 is 1.50 bits per heavy atom. The van der Waals surface area contributed by atoms with Crippen LogP contribution in [0.1, 0.15) is 16.8 Å². The summed E-state index contributed by atoms with van der Waals surface area (Å²) in [5.41, 5.74) is 4.47. The molecule has 2 heterocycles. The summed E-state index contributed by atoms with van der Waals surface area (Å²) in [6.45, 7) is 4.68. The van der Waals surface area contributed by atoms with Crippen LogP contribution in [0.5, 0.6) is 0 Å². The van der Waals surface area contributed by atoms with Gasteiger partial charge in [-0.1, -0.05) is 12.1 Å². The lowest BCUT2D eigenvalue weighted by atomic mass is 10.1. The lowest BCUT2D eigenvalue weighted by Crippen LogP contribution is -2.28. The first-order valence-electron chi connectivity index (χ1n) is 6.20. The second kappa shape index (κ2) is 4.14. The van der Waals surface area contributed by atoms with Gasteiger partial charge >= 0.3 is 5.97 Å². The molecule has 0 aliphatic carbocycles. The van der Waals surface area contributed by atoms with Gasteiger partial charge in [-0.3, -0.25) is 4.79 Å². The van der Waals surface area contributed by atoms with Crippen LogP contribution in [0.25, 0.3) is 10.9 Å². The predicted molar refractivity (Wildman–Crippen MR) is 69.7 cm³/mol. The molecule has 0 amide bonds. The van der Waals surface area contributed by atoms with E-state index >= 15 is 0 Å². The zero-order valence-corrected chi connectivity index (χ0v) is 10.4. The van der Waals surface area contributed by atoms with Crippen molar-refractivity contribution in [1.82, 2.24) is 9.88 Å². The highest BCUT2D eigenvalue weighted by Crippen LogP contribution is 2.29. The highest BCUT2D eigenvalue weighted by atomic mass is 16.4. The summed E-state index contributed by atoms with van der Waals surface area (Å²) in [7, 11) is 0. The second-order valence-corrected chi connectivity index (χ2v) is 4.84. The third kappa shape index (κ3) is 1.69. The molecule has 0 atom stereocenters. The Kier molecular flexibility index (Phi) is 2.59. The molecule has 1 aliphatic rings. The number of aromatic nitrogens is 1. The number of aliphatic carboxylic acids is 1. The van der Waals surface area contributed by atoms with Crippen LogP contribution < -0.4 is 5.32 Å². The maximum Gasteiger partial charge on any atom is 0.307 e. The van der Waals surface area contributed by atoms with Gasteiger partial charge in [0, 0.05) is 36.2 Å². The van der Waals surface area contributed by atoms with E-state index < -0.39 is 5.97 Å². The fourth-order valence-corrected chi connectivity index (χ4v) is 2.79. The molecule has 0 spiro atoms. The fraction of sp³-hybridized carbons (Fsp3) is 0.357. The molecular weight excluding hydrogens is 228 g/mol. The molecule has 2 aromatic rings. The number of nitrogens with one attached hydrogen (secondary N) is 1. The quantitative estimate of drug-likeness (QED) is 0.845. The van der Waals surface area contributed by atoms with E-state index in [1.54, 1.807) is 0 Å². The van der Waals surface area contributed by atoms with Crippen molar-refractivity contribution >= 4 is 16.9 Å². The molecule has 0 fully saturated rings. The smallest absolute Gasteiger partial charge is 0.307 e. The Bertz CT molecular complexity index is 628. The van der Waals surface area contributed by atoms with Gasteiger partial charge in [-0.05, 0) is 24.1 Å². The topological polar surface area (TPSA) is 54.3 Å². The Balaban J connectivity index is 2.28. The van der Waals surface area contributed by atoms with E-state index in [0.29, 0.717) is 0 Å². The molecule has 0 bridgehead atoms. The number of benzene rings is 1. The van der Waals surface area contributed by atoms with Gasteiger partial charge in [0.05, 0.1) is 6.42 Å².